The highest BCUT2D eigenvalue weighted by Crippen LogP contribution is 2.39. The van der Waals surface area contributed by atoms with Crippen molar-refractivity contribution in [3.63, 3.8) is 0 Å². The first-order chi connectivity index (χ1) is 16.3. The number of nitrogens with one attached hydrogen (secondary N) is 2. The van der Waals surface area contributed by atoms with Crippen LogP contribution in [0.4, 0.5) is 0 Å². The van der Waals surface area contributed by atoms with E-state index < -0.39 is 0 Å². The number of pyridine rings is 2. The lowest BCUT2D eigenvalue weighted by atomic mass is 10.0. The van der Waals surface area contributed by atoms with Crippen molar-refractivity contribution in [3.8, 4) is 22.6 Å². The Hall–Kier alpha value is -4.51. The molecule has 2 N–H and O–H groups in total. The van der Waals surface area contributed by atoms with Crippen molar-refractivity contribution in [2.24, 2.45) is 0 Å². The zero-order valence-electron chi connectivity index (χ0n) is 18.1. The van der Waals surface area contributed by atoms with Gasteiger partial charge in [0.15, 0.2) is 0 Å². The fourth-order valence-electron chi connectivity index (χ4n) is 4.56. The number of nitrogens with zero attached hydrogens (tertiary/aromatic N) is 3. The maximum Gasteiger partial charge on any atom is 0.141 e. The number of aromatic nitrogens is 5. The van der Waals surface area contributed by atoms with E-state index in [1.165, 1.54) is 0 Å². The Balaban J connectivity index is 1.75. The Bertz CT molecular complexity index is 1610. The maximum atomic E-state index is 5.13. The lowest BCUT2D eigenvalue weighted by molar-refractivity contribution is 1.33. The zero-order valence-corrected chi connectivity index (χ0v) is 18.1. The summed E-state index contributed by atoms with van der Waals surface area (Å²) in [5.74, 6) is 0.794. The van der Waals surface area contributed by atoms with E-state index in [1.54, 1.807) is 12.4 Å². The summed E-state index contributed by atoms with van der Waals surface area (Å²) < 4.78 is 0. The van der Waals surface area contributed by atoms with Gasteiger partial charge in [-0.2, -0.15) is 0 Å². The minimum absolute atomic E-state index is 0.794. The van der Waals surface area contributed by atoms with Crippen molar-refractivity contribution >= 4 is 45.0 Å². The summed E-state index contributed by atoms with van der Waals surface area (Å²) in [7, 11) is 0. The molecule has 158 valence electrons. The molecule has 0 unspecified atom stereocenters. The Morgan fingerprint density at radius 1 is 0.818 bits per heavy atom. The van der Waals surface area contributed by atoms with Gasteiger partial charge in [-0.15, -0.1) is 0 Å². The third-order valence-corrected chi connectivity index (χ3v) is 5.97. The van der Waals surface area contributed by atoms with Gasteiger partial charge in [0.05, 0.1) is 33.3 Å². The van der Waals surface area contributed by atoms with E-state index in [2.05, 4.69) is 56.9 Å². The number of allylic oxidation sites excluding steroid dienone is 1. The van der Waals surface area contributed by atoms with Gasteiger partial charge in [0.2, 0.25) is 0 Å². The van der Waals surface area contributed by atoms with Crippen LogP contribution in [0.25, 0.3) is 67.6 Å². The molecule has 0 aliphatic heterocycles. The number of imidazole rings is 1. The summed E-state index contributed by atoms with van der Waals surface area (Å²) >= 11 is 0. The first-order valence-corrected chi connectivity index (χ1v) is 10.9. The molecule has 0 fully saturated rings. The fraction of sp³-hybridized carbons (Fsp3) is 0.0357. The third kappa shape index (κ3) is 2.90. The molecule has 4 heterocycles. The molecule has 0 atom stereocenters. The molecule has 0 aliphatic rings. The summed E-state index contributed by atoms with van der Waals surface area (Å²) in [6.45, 7) is 6.04. The Kier molecular flexibility index (Phi) is 4.40. The topological polar surface area (TPSA) is 70.2 Å². The predicted molar refractivity (Wildman–Crippen MR) is 137 cm³/mol. The predicted octanol–water partition coefficient (Wildman–Crippen LogP) is 7.00. The quantitative estimate of drug-likeness (QED) is 0.298. The van der Waals surface area contributed by atoms with Crippen molar-refractivity contribution in [2.45, 2.75) is 6.92 Å². The second kappa shape index (κ2) is 7.57. The van der Waals surface area contributed by atoms with E-state index in [0.717, 1.165) is 66.7 Å². The second-order valence-electron chi connectivity index (χ2n) is 7.88. The molecule has 5 nitrogen and oxygen atoms in total. The normalized spacial score (nSPS) is 11.8. The maximum absolute atomic E-state index is 5.13. The molecule has 2 aromatic carbocycles. The molecule has 0 saturated carbocycles. The average Bonchev–Trinajstić information content (AvgIpc) is 3.47. The SMILES string of the molecule is C=Cc1[nH]c(-c2ccccc2)c(-c2nc3c4cccnc4c4ncccc4c3[nH]2)c1/C=C\C. The standard InChI is InChI=1S/C28H21N5/c1-3-10-18-21(4-2)31-23(17-11-6-5-7-12-17)22(18)28-32-26-19-13-8-15-29-24(19)25-20(27(26)33-28)14-9-16-30-25/h3-16,31H,2H2,1H3,(H,32,33)/b10-3-. The molecular formula is C28H21N5. The van der Waals surface area contributed by atoms with E-state index in [9.17, 15) is 0 Å². The van der Waals surface area contributed by atoms with Crippen LogP contribution < -0.4 is 0 Å². The number of hydrogen-bond acceptors (Lipinski definition) is 3. The zero-order chi connectivity index (χ0) is 22.4. The van der Waals surface area contributed by atoms with Crippen molar-refractivity contribution in [1.82, 2.24) is 24.9 Å². The highest BCUT2D eigenvalue weighted by Gasteiger charge is 2.22. The summed E-state index contributed by atoms with van der Waals surface area (Å²) in [6, 6.07) is 18.3. The van der Waals surface area contributed by atoms with Gasteiger partial charge in [0.25, 0.3) is 0 Å². The first kappa shape index (κ1) is 19.2. The van der Waals surface area contributed by atoms with Crippen LogP contribution in [-0.4, -0.2) is 24.9 Å². The molecule has 33 heavy (non-hydrogen) atoms. The molecule has 6 rings (SSSR count). The summed E-state index contributed by atoms with van der Waals surface area (Å²) in [6.07, 6.45) is 9.60. The van der Waals surface area contributed by atoms with Gasteiger partial charge in [-0.3, -0.25) is 9.97 Å². The molecule has 0 spiro atoms. The van der Waals surface area contributed by atoms with Crippen LogP contribution in [0.2, 0.25) is 0 Å². The Morgan fingerprint density at radius 2 is 1.55 bits per heavy atom. The molecule has 0 aliphatic carbocycles. The van der Waals surface area contributed by atoms with E-state index >= 15 is 0 Å². The van der Waals surface area contributed by atoms with Crippen LogP contribution in [0.1, 0.15) is 18.2 Å². The molecule has 0 saturated heterocycles. The highest BCUT2D eigenvalue weighted by molar-refractivity contribution is 6.21. The second-order valence-corrected chi connectivity index (χ2v) is 7.88. The fourth-order valence-corrected chi connectivity index (χ4v) is 4.56. The van der Waals surface area contributed by atoms with E-state index in [1.807, 2.05) is 49.4 Å². The molecule has 6 aromatic rings. The van der Waals surface area contributed by atoms with E-state index in [0.29, 0.717) is 0 Å². The molecule has 0 radical (unpaired) electrons. The monoisotopic (exact) mass is 427 g/mol. The number of fused-ring (bicyclic) bond motifs is 6. The van der Waals surface area contributed by atoms with E-state index in [-0.39, 0.29) is 0 Å². The Morgan fingerprint density at radius 3 is 2.27 bits per heavy atom. The summed E-state index contributed by atoms with van der Waals surface area (Å²) in [4.78, 5) is 21.6. The van der Waals surface area contributed by atoms with Crippen molar-refractivity contribution in [1.29, 1.82) is 0 Å². The van der Waals surface area contributed by atoms with Crippen LogP contribution in [0, 0.1) is 0 Å². The largest absolute Gasteiger partial charge is 0.354 e. The van der Waals surface area contributed by atoms with Gasteiger partial charge in [0, 0.05) is 34.4 Å². The smallest absolute Gasteiger partial charge is 0.141 e. The van der Waals surface area contributed by atoms with Gasteiger partial charge < -0.3 is 9.97 Å². The van der Waals surface area contributed by atoms with Gasteiger partial charge in [-0.25, -0.2) is 4.98 Å². The molecule has 5 heteroatoms. The van der Waals surface area contributed by atoms with E-state index in [4.69, 9.17) is 4.98 Å². The van der Waals surface area contributed by atoms with Crippen LogP contribution >= 0.6 is 0 Å². The third-order valence-electron chi connectivity index (χ3n) is 5.97. The number of rotatable bonds is 4. The summed E-state index contributed by atoms with van der Waals surface area (Å²) in [5, 5.41) is 1.99. The van der Waals surface area contributed by atoms with Crippen LogP contribution in [0.5, 0.6) is 0 Å². The minimum Gasteiger partial charge on any atom is -0.354 e. The molecule has 4 aromatic heterocycles. The summed E-state index contributed by atoms with van der Waals surface area (Å²) in [5.41, 5.74) is 8.69. The van der Waals surface area contributed by atoms with Crippen molar-refractivity contribution in [2.75, 3.05) is 0 Å². The highest BCUT2D eigenvalue weighted by atomic mass is 14.9. The van der Waals surface area contributed by atoms with Crippen molar-refractivity contribution < 1.29 is 0 Å². The molecular weight excluding hydrogens is 406 g/mol. The van der Waals surface area contributed by atoms with Gasteiger partial charge in [0.1, 0.15) is 5.82 Å². The Labute approximate surface area is 190 Å². The number of aromatic amines is 2. The van der Waals surface area contributed by atoms with Gasteiger partial charge in [-0.1, -0.05) is 49.1 Å². The minimum atomic E-state index is 0.794. The lowest BCUT2D eigenvalue weighted by Gasteiger charge is -2.04. The van der Waals surface area contributed by atoms with Crippen LogP contribution in [0.15, 0.2) is 79.6 Å². The number of H-pyrrole nitrogens is 2. The molecule has 0 amide bonds. The number of benzene rings is 2. The average molecular weight is 428 g/mol. The van der Waals surface area contributed by atoms with Crippen molar-refractivity contribution in [3.05, 3.63) is 90.9 Å². The van der Waals surface area contributed by atoms with Gasteiger partial charge in [-0.05, 0) is 42.8 Å². The van der Waals surface area contributed by atoms with Gasteiger partial charge >= 0.3 is 0 Å². The first-order valence-electron chi connectivity index (χ1n) is 10.9. The number of hydrogen-bond donors (Lipinski definition) is 2. The van der Waals surface area contributed by atoms with Crippen LogP contribution in [-0.2, 0) is 0 Å². The lowest BCUT2D eigenvalue weighted by Crippen LogP contribution is -1.86. The van der Waals surface area contributed by atoms with Crippen LogP contribution in [0.3, 0.4) is 0 Å². The molecule has 0 bridgehead atoms.